The number of nitrogens with one attached hydrogen (secondary N) is 2. The van der Waals surface area contributed by atoms with Gasteiger partial charge < -0.3 is 15.1 Å². The molecule has 1 heterocycles. The summed E-state index contributed by atoms with van der Waals surface area (Å²) in [6, 6.07) is 13.8. The zero-order valence-corrected chi connectivity index (χ0v) is 12.9. The number of carbonyl (C=O) groups is 1. The predicted octanol–water partition coefficient (Wildman–Crippen LogP) is 2.55. The SMILES string of the molecule is CSCc1ccc(CNCC(=O)NCc2ccccc2)o1. The fourth-order valence-corrected chi connectivity index (χ4v) is 2.34. The molecular weight excluding hydrogens is 284 g/mol. The molecule has 0 aliphatic heterocycles. The van der Waals surface area contributed by atoms with Gasteiger partial charge in [-0.3, -0.25) is 4.79 Å². The van der Waals surface area contributed by atoms with Crippen molar-refractivity contribution in [3.05, 3.63) is 59.5 Å². The highest BCUT2D eigenvalue weighted by atomic mass is 32.2. The number of hydrogen-bond acceptors (Lipinski definition) is 4. The van der Waals surface area contributed by atoms with E-state index in [0.29, 0.717) is 13.1 Å². The van der Waals surface area contributed by atoms with Gasteiger partial charge >= 0.3 is 0 Å². The molecule has 0 radical (unpaired) electrons. The van der Waals surface area contributed by atoms with Crippen LogP contribution in [0.15, 0.2) is 46.9 Å². The van der Waals surface area contributed by atoms with E-state index in [1.807, 2.05) is 48.7 Å². The van der Waals surface area contributed by atoms with Crippen LogP contribution in [0.5, 0.6) is 0 Å². The first-order valence-corrected chi connectivity index (χ1v) is 8.25. The maximum absolute atomic E-state index is 11.7. The van der Waals surface area contributed by atoms with Gasteiger partial charge in [0.2, 0.25) is 5.91 Å². The first-order valence-electron chi connectivity index (χ1n) is 6.86. The third kappa shape index (κ3) is 5.65. The van der Waals surface area contributed by atoms with Crippen molar-refractivity contribution in [3.8, 4) is 0 Å². The van der Waals surface area contributed by atoms with E-state index < -0.39 is 0 Å². The number of thioether (sulfide) groups is 1. The third-order valence-electron chi connectivity index (χ3n) is 2.92. The number of rotatable bonds is 8. The fraction of sp³-hybridized carbons (Fsp3) is 0.312. The topological polar surface area (TPSA) is 54.3 Å². The molecule has 0 unspecified atom stereocenters. The van der Waals surface area contributed by atoms with Crippen LogP contribution in [-0.4, -0.2) is 18.7 Å². The first-order chi connectivity index (χ1) is 10.3. The van der Waals surface area contributed by atoms with E-state index in [-0.39, 0.29) is 12.5 Å². The molecule has 0 atom stereocenters. The van der Waals surface area contributed by atoms with Gasteiger partial charge in [-0.05, 0) is 24.0 Å². The highest BCUT2D eigenvalue weighted by Gasteiger charge is 2.04. The molecule has 0 bridgehead atoms. The van der Waals surface area contributed by atoms with Crippen LogP contribution in [0, 0.1) is 0 Å². The Bertz CT molecular complexity index is 554. The molecule has 112 valence electrons. The molecule has 2 aromatic rings. The van der Waals surface area contributed by atoms with Gasteiger partial charge in [-0.25, -0.2) is 0 Å². The van der Waals surface area contributed by atoms with E-state index in [1.54, 1.807) is 11.8 Å². The van der Waals surface area contributed by atoms with Gasteiger partial charge in [0.15, 0.2) is 0 Å². The van der Waals surface area contributed by atoms with Crippen molar-refractivity contribution in [2.75, 3.05) is 12.8 Å². The van der Waals surface area contributed by atoms with Crippen molar-refractivity contribution in [1.29, 1.82) is 0 Å². The van der Waals surface area contributed by atoms with Crippen LogP contribution in [0.2, 0.25) is 0 Å². The molecule has 4 nitrogen and oxygen atoms in total. The normalized spacial score (nSPS) is 10.5. The van der Waals surface area contributed by atoms with Crippen molar-refractivity contribution in [3.63, 3.8) is 0 Å². The molecule has 0 fully saturated rings. The van der Waals surface area contributed by atoms with Crippen molar-refractivity contribution in [2.24, 2.45) is 0 Å². The smallest absolute Gasteiger partial charge is 0.234 e. The maximum atomic E-state index is 11.7. The monoisotopic (exact) mass is 304 g/mol. The van der Waals surface area contributed by atoms with Crippen LogP contribution in [-0.2, 0) is 23.6 Å². The summed E-state index contributed by atoms with van der Waals surface area (Å²) in [5.41, 5.74) is 1.10. The summed E-state index contributed by atoms with van der Waals surface area (Å²) in [7, 11) is 0. The Morgan fingerprint density at radius 2 is 1.86 bits per heavy atom. The largest absolute Gasteiger partial charge is 0.464 e. The quantitative estimate of drug-likeness (QED) is 0.787. The zero-order valence-electron chi connectivity index (χ0n) is 12.1. The maximum Gasteiger partial charge on any atom is 0.234 e. The summed E-state index contributed by atoms with van der Waals surface area (Å²) in [4.78, 5) is 11.7. The van der Waals surface area contributed by atoms with E-state index in [0.717, 1.165) is 22.8 Å². The number of amides is 1. The number of carbonyl (C=O) groups excluding carboxylic acids is 1. The minimum absolute atomic E-state index is 0.0188. The lowest BCUT2D eigenvalue weighted by molar-refractivity contribution is -0.120. The number of benzene rings is 1. The standard InChI is InChI=1S/C16H20N2O2S/c1-21-12-15-8-7-14(20-15)10-17-11-16(19)18-9-13-5-3-2-4-6-13/h2-8,17H,9-12H2,1H3,(H,18,19). The lowest BCUT2D eigenvalue weighted by Gasteiger charge is -2.06. The highest BCUT2D eigenvalue weighted by molar-refractivity contribution is 7.97. The molecule has 21 heavy (non-hydrogen) atoms. The van der Waals surface area contributed by atoms with Crippen LogP contribution >= 0.6 is 11.8 Å². The summed E-state index contributed by atoms with van der Waals surface area (Å²) in [6.45, 7) is 1.40. The van der Waals surface area contributed by atoms with Crippen molar-refractivity contribution in [1.82, 2.24) is 10.6 Å². The van der Waals surface area contributed by atoms with Gasteiger partial charge in [-0.1, -0.05) is 30.3 Å². The van der Waals surface area contributed by atoms with Crippen LogP contribution in [0.3, 0.4) is 0 Å². The highest BCUT2D eigenvalue weighted by Crippen LogP contribution is 2.12. The molecule has 0 spiro atoms. The lowest BCUT2D eigenvalue weighted by Crippen LogP contribution is -2.33. The predicted molar refractivity (Wildman–Crippen MR) is 85.9 cm³/mol. The minimum Gasteiger partial charge on any atom is -0.464 e. The first kappa shape index (κ1) is 15.7. The Balaban J connectivity index is 1.64. The van der Waals surface area contributed by atoms with Crippen molar-refractivity contribution in [2.45, 2.75) is 18.8 Å². The van der Waals surface area contributed by atoms with Crippen molar-refractivity contribution >= 4 is 17.7 Å². The van der Waals surface area contributed by atoms with Crippen LogP contribution in [0.25, 0.3) is 0 Å². The number of furan rings is 1. The Labute approximate surface area is 129 Å². The van der Waals surface area contributed by atoms with E-state index in [4.69, 9.17) is 4.42 Å². The van der Waals surface area contributed by atoms with E-state index in [2.05, 4.69) is 10.6 Å². The average molecular weight is 304 g/mol. The Hall–Kier alpha value is -1.72. The fourth-order valence-electron chi connectivity index (χ4n) is 1.90. The molecule has 2 rings (SSSR count). The van der Waals surface area contributed by atoms with Gasteiger partial charge in [0.25, 0.3) is 0 Å². The molecule has 5 heteroatoms. The molecule has 2 N–H and O–H groups in total. The Kier molecular flexibility index (Phi) is 6.37. The second-order valence-electron chi connectivity index (χ2n) is 4.67. The van der Waals surface area contributed by atoms with Crippen LogP contribution in [0.1, 0.15) is 17.1 Å². The summed E-state index contributed by atoms with van der Waals surface area (Å²) in [5.74, 6) is 2.68. The lowest BCUT2D eigenvalue weighted by atomic mass is 10.2. The summed E-state index contributed by atoms with van der Waals surface area (Å²) in [6.07, 6.45) is 2.04. The Morgan fingerprint density at radius 1 is 1.10 bits per heavy atom. The van der Waals surface area contributed by atoms with Gasteiger partial charge in [0.1, 0.15) is 11.5 Å². The molecule has 1 aromatic heterocycles. The van der Waals surface area contributed by atoms with Gasteiger partial charge in [0.05, 0.1) is 18.8 Å². The molecular formula is C16H20N2O2S. The van der Waals surface area contributed by atoms with E-state index in [9.17, 15) is 4.79 Å². The van der Waals surface area contributed by atoms with E-state index >= 15 is 0 Å². The molecule has 0 aliphatic carbocycles. The molecule has 1 amide bonds. The second-order valence-corrected chi connectivity index (χ2v) is 5.53. The molecule has 1 aromatic carbocycles. The number of hydrogen-bond donors (Lipinski definition) is 2. The molecule has 0 saturated heterocycles. The summed E-state index contributed by atoms with van der Waals surface area (Å²) >= 11 is 1.72. The zero-order chi connectivity index (χ0) is 14.9. The summed E-state index contributed by atoms with van der Waals surface area (Å²) in [5, 5.41) is 5.96. The van der Waals surface area contributed by atoms with Crippen molar-refractivity contribution < 1.29 is 9.21 Å². The average Bonchev–Trinajstić information content (AvgIpc) is 2.94. The van der Waals surface area contributed by atoms with Gasteiger partial charge in [-0.15, -0.1) is 0 Å². The van der Waals surface area contributed by atoms with Gasteiger partial charge in [0, 0.05) is 6.54 Å². The van der Waals surface area contributed by atoms with Crippen LogP contribution < -0.4 is 10.6 Å². The van der Waals surface area contributed by atoms with Crippen LogP contribution in [0.4, 0.5) is 0 Å². The molecule has 0 aliphatic rings. The Morgan fingerprint density at radius 3 is 2.62 bits per heavy atom. The van der Waals surface area contributed by atoms with Gasteiger partial charge in [-0.2, -0.15) is 11.8 Å². The minimum atomic E-state index is -0.0188. The van der Waals surface area contributed by atoms with E-state index in [1.165, 1.54) is 0 Å². The summed E-state index contributed by atoms with van der Waals surface area (Å²) < 4.78 is 5.62. The second kappa shape index (κ2) is 8.54. The third-order valence-corrected chi connectivity index (χ3v) is 3.49. The molecule has 0 saturated carbocycles.